The van der Waals surface area contributed by atoms with Gasteiger partial charge in [0.25, 0.3) is 17.5 Å². The summed E-state index contributed by atoms with van der Waals surface area (Å²) in [5, 5.41) is 14.4. The van der Waals surface area contributed by atoms with Crippen molar-refractivity contribution in [1.82, 2.24) is 10.2 Å². The molecule has 0 atom stereocenters. The molecule has 8 heteroatoms. The van der Waals surface area contributed by atoms with Gasteiger partial charge < -0.3 is 10.2 Å². The third-order valence-electron chi connectivity index (χ3n) is 3.97. The number of carbonyl (C=O) groups excluding carboxylic acids is 2. The van der Waals surface area contributed by atoms with E-state index in [-0.39, 0.29) is 24.0 Å². The number of fused-ring (bicyclic) bond motifs is 1. The number of nitro groups is 1. The Labute approximate surface area is 159 Å². The van der Waals surface area contributed by atoms with Crippen molar-refractivity contribution in [2.75, 3.05) is 14.1 Å². The monoisotopic (exact) mass is 383 g/mol. The molecule has 0 radical (unpaired) electrons. The molecule has 1 aromatic heterocycles. The van der Waals surface area contributed by atoms with Crippen LogP contribution in [-0.4, -0.2) is 35.7 Å². The lowest BCUT2D eigenvalue weighted by atomic mass is 10.1. The van der Waals surface area contributed by atoms with E-state index < -0.39 is 4.92 Å². The predicted molar refractivity (Wildman–Crippen MR) is 104 cm³/mol. The first-order valence-corrected chi connectivity index (χ1v) is 8.93. The molecule has 0 bridgehead atoms. The first kappa shape index (κ1) is 18.5. The second-order valence-electron chi connectivity index (χ2n) is 6.17. The predicted octanol–water partition coefficient (Wildman–Crippen LogP) is 3.44. The van der Waals surface area contributed by atoms with E-state index in [0.717, 1.165) is 10.3 Å². The number of hydrogen-bond acceptors (Lipinski definition) is 5. The molecule has 0 saturated heterocycles. The number of nitrogens with one attached hydrogen (secondary N) is 1. The van der Waals surface area contributed by atoms with Gasteiger partial charge in [0.15, 0.2) is 0 Å². The lowest BCUT2D eigenvalue weighted by Gasteiger charge is -2.11. The molecule has 0 aliphatic carbocycles. The first-order valence-electron chi connectivity index (χ1n) is 8.12. The Kier molecular flexibility index (Phi) is 5.18. The summed E-state index contributed by atoms with van der Waals surface area (Å²) in [6.45, 7) is 0.280. The van der Waals surface area contributed by atoms with E-state index in [1.165, 1.54) is 28.4 Å². The molecule has 0 spiro atoms. The maximum Gasteiger partial charge on any atom is 0.270 e. The van der Waals surface area contributed by atoms with Gasteiger partial charge in [0.2, 0.25) is 0 Å². The Hall–Kier alpha value is -3.26. The number of nitrogens with zero attached hydrogens (tertiary/aromatic N) is 2. The molecule has 0 aliphatic heterocycles. The molecular formula is C19H17N3O4S. The molecule has 138 valence electrons. The normalized spacial score (nSPS) is 10.6. The van der Waals surface area contributed by atoms with E-state index in [1.54, 1.807) is 44.4 Å². The van der Waals surface area contributed by atoms with Crippen LogP contribution in [0.15, 0.2) is 48.5 Å². The van der Waals surface area contributed by atoms with Crippen LogP contribution in [0, 0.1) is 10.1 Å². The number of benzene rings is 2. The average Bonchev–Trinajstić information content (AvgIpc) is 3.09. The minimum atomic E-state index is -0.459. The molecule has 0 aliphatic rings. The largest absolute Gasteiger partial charge is 0.347 e. The molecule has 0 fully saturated rings. The van der Waals surface area contributed by atoms with Crippen LogP contribution >= 0.6 is 11.3 Å². The summed E-state index contributed by atoms with van der Waals surface area (Å²) >= 11 is 1.28. The maximum absolute atomic E-state index is 12.4. The highest BCUT2D eigenvalue weighted by atomic mass is 32.1. The van der Waals surface area contributed by atoms with E-state index in [9.17, 15) is 19.7 Å². The lowest BCUT2D eigenvalue weighted by molar-refractivity contribution is -0.384. The fraction of sp³-hybridized carbons (Fsp3) is 0.158. The van der Waals surface area contributed by atoms with Crippen LogP contribution in [0.5, 0.6) is 0 Å². The molecule has 0 saturated carbocycles. The first-order chi connectivity index (χ1) is 12.8. The molecule has 2 amide bonds. The van der Waals surface area contributed by atoms with Gasteiger partial charge in [-0.3, -0.25) is 19.7 Å². The quantitative estimate of drug-likeness (QED) is 0.539. The summed E-state index contributed by atoms with van der Waals surface area (Å²) in [6.07, 6.45) is 0. The zero-order chi connectivity index (χ0) is 19.6. The molecule has 2 aromatic carbocycles. The number of carbonyl (C=O) groups is 2. The summed E-state index contributed by atoms with van der Waals surface area (Å²) < 4.78 is 0.810. The van der Waals surface area contributed by atoms with Crippen LogP contribution in [0.2, 0.25) is 0 Å². The van der Waals surface area contributed by atoms with Gasteiger partial charge >= 0.3 is 0 Å². The highest BCUT2D eigenvalue weighted by Gasteiger charge is 2.14. The van der Waals surface area contributed by atoms with Crippen molar-refractivity contribution in [3.63, 3.8) is 0 Å². The minimum absolute atomic E-state index is 0.00497. The standard InChI is InChI=1S/C19H17N3O4S/c1-21(2)19(24)13-5-3-4-12(8-13)11-20-18(23)17-10-14-9-15(22(25)26)6-7-16(14)27-17/h3-10H,11H2,1-2H3,(H,20,23). The van der Waals surface area contributed by atoms with Crippen molar-refractivity contribution >= 4 is 38.9 Å². The number of thiophene rings is 1. The van der Waals surface area contributed by atoms with Crippen LogP contribution in [-0.2, 0) is 6.54 Å². The van der Waals surface area contributed by atoms with Crippen LogP contribution in [0.25, 0.3) is 10.1 Å². The van der Waals surface area contributed by atoms with Gasteiger partial charge in [0.05, 0.1) is 9.80 Å². The molecule has 0 unspecified atom stereocenters. The molecule has 7 nitrogen and oxygen atoms in total. The van der Waals surface area contributed by atoms with Crippen LogP contribution < -0.4 is 5.32 Å². The van der Waals surface area contributed by atoms with Crippen molar-refractivity contribution in [2.24, 2.45) is 0 Å². The zero-order valence-corrected chi connectivity index (χ0v) is 15.6. The van der Waals surface area contributed by atoms with E-state index >= 15 is 0 Å². The highest BCUT2D eigenvalue weighted by Crippen LogP contribution is 2.28. The number of nitro benzene ring substituents is 1. The summed E-state index contributed by atoms with van der Waals surface area (Å²) in [5.41, 5.74) is 1.36. The summed E-state index contributed by atoms with van der Waals surface area (Å²) in [7, 11) is 3.37. The topological polar surface area (TPSA) is 92.6 Å². The Morgan fingerprint density at radius 1 is 1.15 bits per heavy atom. The fourth-order valence-corrected chi connectivity index (χ4v) is 3.56. The average molecular weight is 383 g/mol. The van der Waals surface area contributed by atoms with Gasteiger partial charge in [-0.05, 0) is 29.8 Å². The number of hydrogen-bond donors (Lipinski definition) is 1. The summed E-state index contributed by atoms with van der Waals surface area (Å²) in [4.78, 5) is 36.8. The Balaban J connectivity index is 1.72. The second kappa shape index (κ2) is 7.55. The van der Waals surface area contributed by atoms with Crippen molar-refractivity contribution in [2.45, 2.75) is 6.54 Å². The Bertz CT molecular complexity index is 1040. The SMILES string of the molecule is CN(C)C(=O)c1cccc(CNC(=O)c2cc3cc([N+](=O)[O-])ccc3s2)c1. The van der Waals surface area contributed by atoms with Crippen LogP contribution in [0.3, 0.4) is 0 Å². The van der Waals surface area contributed by atoms with Crippen LogP contribution in [0.4, 0.5) is 5.69 Å². The van der Waals surface area contributed by atoms with Gasteiger partial charge in [-0.1, -0.05) is 12.1 Å². The lowest BCUT2D eigenvalue weighted by Crippen LogP contribution is -2.23. The zero-order valence-electron chi connectivity index (χ0n) is 14.8. The third kappa shape index (κ3) is 4.12. The van der Waals surface area contributed by atoms with Crippen molar-refractivity contribution in [1.29, 1.82) is 0 Å². The van der Waals surface area contributed by atoms with E-state index in [0.29, 0.717) is 15.8 Å². The van der Waals surface area contributed by atoms with Gasteiger partial charge in [-0.2, -0.15) is 0 Å². The van der Waals surface area contributed by atoms with Crippen molar-refractivity contribution in [3.05, 3.63) is 74.6 Å². The fourth-order valence-electron chi connectivity index (χ4n) is 2.60. The van der Waals surface area contributed by atoms with E-state index in [1.807, 2.05) is 6.07 Å². The Morgan fingerprint density at radius 3 is 2.63 bits per heavy atom. The number of rotatable bonds is 5. The van der Waals surface area contributed by atoms with Gasteiger partial charge in [0, 0.05) is 48.4 Å². The summed E-state index contributed by atoms with van der Waals surface area (Å²) in [6, 6.07) is 13.3. The Morgan fingerprint density at radius 2 is 1.93 bits per heavy atom. The van der Waals surface area contributed by atoms with Gasteiger partial charge in [-0.15, -0.1) is 11.3 Å². The van der Waals surface area contributed by atoms with Gasteiger partial charge in [-0.25, -0.2) is 0 Å². The van der Waals surface area contributed by atoms with E-state index in [2.05, 4.69) is 5.32 Å². The molecule has 3 aromatic rings. The second-order valence-corrected chi connectivity index (χ2v) is 7.26. The number of non-ortho nitro benzene ring substituents is 1. The summed E-state index contributed by atoms with van der Waals surface area (Å²) in [5.74, 6) is -0.363. The van der Waals surface area contributed by atoms with Gasteiger partial charge in [0.1, 0.15) is 0 Å². The van der Waals surface area contributed by atoms with Crippen LogP contribution in [0.1, 0.15) is 25.6 Å². The molecule has 1 N–H and O–H groups in total. The minimum Gasteiger partial charge on any atom is -0.347 e. The highest BCUT2D eigenvalue weighted by molar-refractivity contribution is 7.20. The molecule has 27 heavy (non-hydrogen) atoms. The maximum atomic E-state index is 12.4. The van der Waals surface area contributed by atoms with Crippen molar-refractivity contribution < 1.29 is 14.5 Å². The molecular weight excluding hydrogens is 366 g/mol. The van der Waals surface area contributed by atoms with E-state index in [4.69, 9.17) is 0 Å². The molecule has 1 heterocycles. The third-order valence-corrected chi connectivity index (χ3v) is 5.08. The van der Waals surface area contributed by atoms with Crippen molar-refractivity contribution in [3.8, 4) is 0 Å². The number of amides is 2. The molecule has 3 rings (SSSR count). The smallest absolute Gasteiger partial charge is 0.270 e.